The fourth-order valence-corrected chi connectivity index (χ4v) is 3.30. The molecule has 0 N–H and O–H groups in total. The number of aromatic nitrogens is 2. The molecule has 0 fully saturated rings. The molecule has 20 heavy (non-hydrogen) atoms. The maximum atomic E-state index is 6.21. The molecule has 0 amide bonds. The van der Waals surface area contributed by atoms with Gasteiger partial charge in [0, 0.05) is 23.9 Å². The van der Waals surface area contributed by atoms with Crippen LogP contribution in [0, 0.1) is 6.92 Å². The number of thiophene rings is 1. The van der Waals surface area contributed by atoms with Crippen LogP contribution in [0.3, 0.4) is 0 Å². The Labute approximate surface area is 133 Å². The Kier molecular flexibility index (Phi) is 5.24. The third kappa shape index (κ3) is 3.62. The second kappa shape index (κ2) is 6.74. The molecule has 2 heterocycles. The van der Waals surface area contributed by atoms with Crippen molar-refractivity contribution >= 4 is 40.4 Å². The number of rotatable bonds is 5. The van der Waals surface area contributed by atoms with E-state index in [0.717, 1.165) is 40.9 Å². The van der Waals surface area contributed by atoms with Gasteiger partial charge in [0.2, 0.25) is 0 Å². The highest BCUT2D eigenvalue weighted by atomic mass is 35.5. The summed E-state index contributed by atoms with van der Waals surface area (Å²) in [4.78, 5) is 12.2. The summed E-state index contributed by atoms with van der Waals surface area (Å²) in [7, 11) is 2.01. The molecule has 0 aliphatic carbocycles. The molecule has 0 atom stereocenters. The molecule has 6 heteroatoms. The van der Waals surface area contributed by atoms with Gasteiger partial charge < -0.3 is 4.90 Å². The van der Waals surface area contributed by atoms with Gasteiger partial charge in [0.15, 0.2) is 0 Å². The SMILES string of the molecule is CCCc1nc(Cl)c(C)c(N(C)Cc2ccc(Cl)s2)n1. The number of aryl methyl sites for hydroxylation is 1. The highest BCUT2D eigenvalue weighted by molar-refractivity contribution is 7.16. The summed E-state index contributed by atoms with van der Waals surface area (Å²) >= 11 is 13.8. The first-order chi connectivity index (χ1) is 9.51. The summed E-state index contributed by atoms with van der Waals surface area (Å²) in [5.74, 6) is 1.69. The Bertz CT molecular complexity index is 598. The number of anilines is 1. The molecule has 0 aliphatic rings. The van der Waals surface area contributed by atoms with Gasteiger partial charge in [-0.1, -0.05) is 30.1 Å². The normalized spacial score (nSPS) is 10.8. The van der Waals surface area contributed by atoms with Gasteiger partial charge in [0.25, 0.3) is 0 Å². The van der Waals surface area contributed by atoms with Gasteiger partial charge in [-0.15, -0.1) is 11.3 Å². The minimum Gasteiger partial charge on any atom is -0.354 e. The second-order valence-electron chi connectivity index (χ2n) is 4.69. The first-order valence-electron chi connectivity index (χ1n) is 6.49. The van der Waals surface area contributed by atoms with Crippen LogP contribution in [0.4, 0.5) is 5.82 Å². The Morgan fingerprint density at radius 2 is 2.00 bits per heavy atom. The van der Waals surface area contributed by atoms with Crippen molar-refractivity contribution in [1.82, 2.24) is 9.97 Å². The molecule has 0 saturated heterocycles. The monoisotopic (exact) mass is 329 g/mol. The lowest BCUT2D eigenvalue weighted by molar-refractivity contribution is 0.808. The average molecular weight is 330 g/mol. The van der Waals surface area contributed by atoms with Crippen LogP contribution in [-0.2, 0) is 13.0 Å². The van der Waals surface area contributed by atoms with Gasteiger partial charge in [0.1, 0.15) is 16.8 Å². The summed E-state index contributed by atoms with van der Waals surface area (Å²) in [6.07, 6.45) is 1.84. The van der Waals surface area contributed by atoms with Gasteiger partial charge in [-0.25, -0.2) is 9.97 Å². The second-order valence-corrected chi connectivity index (χ2v) is 6.85. The first kappa shape index (κ1) is 15.5. The molecule has 2 rings (SSSR count). The Morgan fingerprint density at radius 1 is 1.25 bits per heavy atom. The largest absolute Gasteiger partial charge is 0.354 e. The van der Waals surface area contributed by atoms with E-state index in [1.807, 2.05) is 26.1 Å². The first-order valence-corrected chi connectivity index (χ1v) is 8.07. The molecule has 0 bridgehead atoms. The smallest absolute Gasteiger partial charge is 0.137 e. The lowest BCUT2D eigenvalue weighted by atomic mass is 10.2. The van der Waals surface area contributed by atoms with E-state index >= 15 is 0 Å². The maximum Gasteiger partial charge on any atom is 0.137 e. The van der Waals surface area contributed by atoms with Crippen LogP contribution in [0.15, 0.2) is 12.1 Å². The van der Waals surface area contributed by atoms with Crippen molar-refractivity contribution in [2.24, 2.45) is 0 Å². The zero-order valence-corrected chi connectivity index (χ0v) is 14.1. The minimum absolute atomic E-state index is 0.537. The minimum atomic E-state index is 0.537. The zero-order valence-electron chi connectivity index (χ0n) is 11.8. The van der Waals surface area contributed by atoms with Gasteiger partial charge in [-0.2, -0.15) is 0 Å². The lowest BCUT2D eigenvalue weighted by Crippen LogP contribution is -2.19. The lowest BCUT2D eigenvalue weighted by Gasteiger charge is -2.20. The van der Waals surface area contributed by atoms with E-state index in [1.54, 1.807) is 11.3 Å². The van der Waals surface area contributed by atoms with Gasteiger partial charge in [-0.3, -0.25) is 0 Å². The fraction of sp³-hybridized carbons (Fsp3) is 0.429. The number of hydrogen-bond donors (Lipinski definition) is 0. The highest BCUT2D eigenvalue weighted by Crippen LogP contribution is 2.27. The number of nitrogens with zero attached hydrogens (tertiary/aromatic N) is 3. The quantitative estimate of drug-likeness (QED) is 0.741. The highest BCUT2D eigenvalue weighted by Gasteiger charge is 2.14. The summed E-state index contributed by atoms with van der Waals surface area (Å²) in [5, 5.41) is 0.537. The molecule has 0 unspecified atom stereocenters. The van der Waals surface area contributed by atoms with E-state index in [9.17, 15) is 0 Å². The van der Waals surface area contributed by atoms with E-state index in [0.29, 0.717) is 5.15 Å². The molecule has 2 aromatic heterocycles. The Hall–Kier alpha value is -0.840. The zero-order chi connectivity index (χ0) is 14.7. The van der Waals surface area contributed by atoms with Crippen LogP contribution in [-0.4, -0.2) is 17.0 Å². The Morgan fingerprint density at radius 3 is 2.60 bits per heavy atom. The maximum absolute atomic E-state index is 6.21. The van der Waals surface area contributed by atoms with Crippen LogP contribution < -0.4 is 4.90 Å². The number of halogens is 2. The average Bonchev–Trinajstić information content (AvgIpc) is 2.79. The topological polar surface area (TPSA) is 29.0 Å². The molecule has 3 nitrogen and oxygen atoms in total. The van der Waals surface area contributed by atoms with Crippen molar-refractivity contribution < 1.29 is 0 Å². The predicted molar refractivity (Wildman–Crippen MR) is 87.2 cm³/mol. The Balaban J connectivity index is 2.25. The summed E-state index contributed by atoms with van der Waals surface area (Å²) < 4.78 is 0.803. The van der Waals surface area contributed by atoms with Crippen LogP contribution >= 0.6 is 34.5 Å². The van der Waals surface area contributed by atoms with Crippen LogP contribution in [0.25, 0.3) is 0 Å². The molecule has 0 saturated carbocycles. The van der Waals surface area contributed by atoms with E-state index in [4.69, 9.17) is 23.2 Å². The molecule has 2 aromatic rings. The standard InChI is InChI=1S/C14H17Cl2N3S/c1-4-5-12-17-13(16)9(2)14(18-12)19(3)8-10-6-7-11(15)20-10/h6-7H,4-5,8H2,1-3H3. The summed E-state index contributed by atoms with van der Waals surface area (Å²) in [6, 6.07) is 3.95. The molecular weight excluding hydrogens is 313 g/mol. The molecule has 0 aromatic carbocycles. The molecule has 0 radical (unpaired) electrons. The van der Waals surface area contributed by atoms with Crippen molar-refractivity contribution in [3.8, 4) is 0 Å². The molecule has 0 spiro atoms. The predicted octanol–water partition coefficient (Wildman–Crippen LogP) is 4.74. The van der Waals surface area contributed by atoms with Gasteiger partial charge in [0.05, 0.1) is 10.9 Å². The van der Waals surface area contributed by atoms with E-state index in [1.165, 1.54) is 4.88 Å². The summed E-state index contributed by atoms with van der Waals surface area (Å²) in [6.45, 7) is 4.82. The molecule has 0 aliphatic heterocycles. The van der Waals surface area contributed by atoms with Gasteiger partial charge >= 0.3 is 0 Å². The molecule has 108 valence electrons. The van der Waals surface area contributed by atoms with Crippen LogP contribution in [0.5, 0.6) is 0 Å². The van der Waals surface area contributed by atoms with E-state index < -0.39 is 0 Å². The fourth-order valence-electron chi connectivity index (χ4n) is 1.97. The van der Waals surface area contributed by atoms with Crippen LogP contribution in [0.1, 0.15) is 29.6 Å². The number of hydrogen-bond acceptors (Lipinski definition) is 4. The van der Waals surface area contributed by atoms with Crippen molar-refractivity contribution in [2.75, 3.05) is 11.9 Å². The molecular formula is C14H17Cl2N3S. The van der Waals surface area contributed by atoms with Crippen molar-refractivity contribution in [1.29, 1.82) is 0 Å². The third-order valence-corrected chi connectivity index (χ3v) is 4.55. The van der Waals surface area contributed by atoms with E-state index in [-0.39, 0.29) is 0 Å². The van der Waals surface area contributed by atoms with Crippen LogP contribution in [0.2, 0.25) is 9.49 Å². The van der Waals surface area contributed by atoms with Crippen molar-refractivity contribution in [2.45, 2.75) is 33.2 Å². The van der Waals surface area contributed by atoms with E-state index in [2.05, 4.69) is 21.8 Å². The van der Waals surface area contributed by atoms with Gasteiger partial charge in [-0.05, 0) is 25.5 Å². The van der Waals surface area contributed by atoms with Crippen molar-refractivity contribution in [3.63, 3.8) is 0 Å². The third-order valence-electron chi connectivity index (χ3n) is 2.96. The summed E-state index contributed by atoms with van der Waals surface area (Å²) in [5.41, 5.74) is 0.914. The van der Waals surface area contributed by atoms with Crippen molar-refractivity contribution in [3.05, 3.63) is 37.9 Å².